The summed E-state index contributed by atoms with van der Waals surface area (Å²) in [4.78, 5) is 0. The van der Waals surface area contributed by atoms with Crippen molar-refractivity contribution in [1.82, 2.24) is 0 Å². The molecule has 0 saturated carbocycles. The molecular formula is C30H46O3Si. The van der Waals surface area contributed by atoms with E-state index in [9.17, 15) is 5.11 Å². The summed E-state index contributed by atoms with van der Waals surface area (Å²) in [7, 11) is -1.93. The number of hydrogen-bond donors (Lipinski definition) is 1. The summed E-state index contributed by atoms with van der Waals surface area (Å²) in [5.41, 5.74) is 1.71. The van der Waals surface area contributed by atoms with Gasteiger partial charge < -0.3 is 14.3 Å². The second-order valence-corrected chi connectivity index (χ2v) is 15.9. The van der Waals surface area contributed by atoms with E-state index < -0.39 is 13.9 Å². The molecule has 0 bridgehead atoms. The highest BCUT2D eigenvalue weighted by Gasteiger charge is 2.39. The van der Waals surface area contributed by atoms with Crippen LogP contribution < -0.4 is 0 Å². The highest BCUT2D eigenvalue weighted by atomic mass is 28.4. The average Bonchev–Trinajstić information content (AvgIpc) is 2.78. The Morgan fingerprint density at radius 3 is 2.09 bits per heavy atom. The predicted octanol–water partition coefficient (Wildman–Crippen LogP) is 7.70. The molecule has 0 aliphatic rings. The maximum atomic E-state index is 11.3. The van der Waals surface area contributed by atoms with Gasteiger partial charge in [-0.15, -0.1) is 6.58 Å². The van der Waals surface area contributed by atoms with Crippen molar-refractivity contribution in [2.45, 2.75) is 95.7 Å². The lowest BCUT2D eigenvalue weighted by molar-refractivity contribution is 0.00802. The van der Waals surface area contributed by atoms with Crippen LogP contribution in [0, 0.1) is 0 Å². The molecule has 0 aromatic heterocycles. The van der Waals surface area contributed by atoms with E-state index >= 15 is 0 Å². The zero-order chi connectivity index (χ0) is 25.1. The smallest absolute Gasteiger partial charge is 0.192 e. The van der Waals surface area contributed by atoms with Crippen molar-refractivity contribution < 1.29 is 14.3 Å². The van der Waals surface area contributed by atoms with Crippen molar-refractivity contribution in [2.75, 3.05) is 6.61 Å². The molecule has 2 aromatic carbocycles. The van der Waals surface area contributed by atoms with Gasteiger partial charge in [0.05, 0.1) is 24.9 Å². The Morgan fingerprint density at radius 2 is 1.53 bits per heavy atom. The number of aryl methyl sites for hydroxylation is 1. The lowest BCUT2D eigenvalue weighted by atomic mass is 9.86. The summed E-state index contributed by atoms with van der Waals surface area (Å²) in [5, 5.41) is 11.5. The molecule has 2 rings (SSSR count). The van der Waals surface area contributed by atoms with Gasteiger partial charge >= 0.3 is 0 Å². The third-order valence-electron chi connectivity index (χ3n) is 7.10. The maximum Gasteiger partial charge on any atom is 0.192 e. The molecule has 0 saturated heterocycles. The van der Waals surface area contributed by atoms with Crippen LogP contribution in [0.15, 0.2) is 73.3 Å². The fraction of sp³-hybridized carbons (Fsp3) is 0.533. The Bertz CT molecular complexity index is 829. The van der Waals surface area contributed by atoms with Crippen LogP contribution in [0.4, 0.5) is 0 Å². The lowest BCUT2D eigenvalue weighted by Crippen LogP contribution is -2.45. The van der Waals surface area contributed by atoms with Gasteiger partial charge in [-0.25, -0.2) is 0 Å². The molecule has 0 amide bonds. The van der Waals surface area contributed by atoms with Crippen molar-refractivity contribution >= 4 is 8.32 Å². The maximum absolute atomic E-state index is 11.3. The summed E-state index contributed by atoms with van der Waals surface area (Å²) >= 11 is 0. The summed E-state index contributed by atoms with van der Waals surface area (Å²) in [6.45, 7) is 16.5. The van der Waals surface area contributed by atoms with E-state index in [0.29, 0.717) is 19.6 Å². The summed E-state index contributed by atoms with van der Waals surface area (Å²) in [6.07, 6.45) is 6.61. The lowest BCUT2D eigenvalue weighted by Gasteiger charge is -2.39. The van der Waals surface area contributed by atoms with Crippen molar-refractivity contribution in [3.8, 4) is 0 Å². The van der Waals surface area contributed by atoms with Crippen molar-refractivity contribution in [1.29, 1.82) is 0 Å². The highest BCUT2D eigenvalue weighted by Crippen LogP contribution is 2.38. The minimum atomic E-state index is -1.93. The quantitative estimate of drug-likeness (QED) is 0.209. The van der Waals surface area contributed by atoms with E-state index in [-0.39, 0.29) is 11.1 Å². The van der Waals surface area contributed by atoms with E-state index in [4.69, 9.17) is 9.16 Å². The minimum Gasteiger partial charge on any atom is -0.412 e. The van der Waals surface area contributed by atoms with Crippen LogP contribution in [0.1, 0.15) is 64.0 Å². The Morgan fingerprint density at radius 1 is 0.941 bits per heavy atom. The van der Waals surface area contributed by atoms with Crippen LogP contribution >= 0.6 is 0 Å². The fourth-order valence-corrected chi connectivity index (χ4v) is 5.30. The van der Waals surface area contributed by atoms with Crippen LogP contribution in [0.5, 0.6) is 0 Å². The van der Waals surface area contributed by atoms with Crippen molar-refractivity contribution in [2.24, 2.45) is 0 Å². The fourth-order valence-electron chi connectivity index (χ4n) is 3.93. The molecule has 2 aromatic rings. The summed E-state index contributed by atoms with van der Waals surface area (Å²) < 4.78 is 12.9. The van der Waals surface area contributed by atoms with Crippen LogP contribution in [-0.2, 0) is 22.2 Å². The first-order valence-corrected chi connectivity index (χ1v) is 15.6. The second kappa shape index (κ2) is 13.4. The zero-order valence-electron chi connectivity index (χ0n) is 22.1. The average molecular weight is 483 g/mol. The van der Waals surface area contributed by atoms with Crippen LogP contribution in [-0.4, -0.2) is 31.7 Å². The van der Waals surface area contributed by atoms with E-state index in [1.165, 1.54) is 11.1 Å². The van der Waals surface area contributed by atoms with Gasteiger partial charge in [0.15, 0.2) is 8.32 Å². The molecule has 0 aliphatic heterocycles. The molecule has 188 valence electrons. The summed E-state index contributed by atoms with van der Waals surface area (Å²) in [5.74, 6) is 0. The first-order valence-electron chi connectivity index (χ1n) is 12.7. The molecule has 0 fully saturated rings. The predicted molar refractivity (Wildman–Crippen MR) is 147 cm³/mol. The minimum absolute atomic E-state index is 0.0340. The largest absolute Gasteiger partial charge is 0.412 e. The zero-order valence-corrected chi connectivity index (χ0v) is 23.1. The van der Waals surface area contributed by atoms with Gasteiger partial charge in [-0.05, 0) is 67.8 Å². The Balaban J connectivity index is 1.96. The molecule has 0 spiro atoms. The molecule has 3 nitrogen and oxygen atoms in total. The topological polar surface area (TPSA) is 38.7 Å². The standard InChI is InChI=1S/C30H46O3Si/c1-7-21-30(31,23-20-26-15-10-8-11-16-26)22-14-19-28(33-34(5,6)29(2,3)4)25-32-24-27-17-12-9-13-18-27/h7-13,15-18,28,31H,1,14,19-25H2,2-6H3. The van der Waals surface area contributed by atoms with Gasteiger partial charge in [0.25, 0.3) is 0 Å². The highest BCUT2D eigenvalue weighted by molar-refractivity contribution is 6.74. The van der Waals surface area contributed by atoms with Crippen molar-refractivity contribution in [3.05, 3.63) is 84.4 Å². The number of benzene rings is 2. The monoisotopic (exact) mass is 482 g/mol. The molecule has 34 heavy (non-hydrogen) atoms. The number of aliphatic hydroxyl groups is 1. The van der Waals surface area contributed by atoms with Crippen molar-refractivity contribution in [3.63, 3.8) is 0 Å². The van der Waals surface area contributed by atoms with E-state index in [2.05, 4.69) is 76.8 Å². The van der Waals surface area contributed by atoms with Crippen LogP contribution in [0.25, 0.3) is 0 Å². The molecule has 0 radical (unpaired) electrons. The van der Waals surface area contributed by atoms with E-state index in [0.717, 1.165) is 32.1 Å². The van der Waals surface area contributed by atoms with Gasteiger partial charge in [0.1, 0.15) is 0 Å². The van der Waals surface area contributed by atoms with Crippen LogP contribution in [0.3, 0.4) is 0 Å². The van der Waals surface area contributed by atoms with Gasteiger partial charge in [-0.2, -0.15) is 0 Å². The molecule has 0 heterocycles. The second-order valence-electron chi connectivity index (χ2n) is 11.1. The number of rotatable bonds is 15. The molecule has 1 N–H and O–H groups in total. The molecule has 2 atom stereocenters. The number of hydrogen-bond acceptors (Lipinski definition) is 3. The summed E-state index contributed by atoms with van der Waals surface area (Å²) in [6, 6.07) is 20.7. The van der Waals surface area contributed by atoms with Gasteiger partial charge in [-0.3, -0.25) is 0 Å². The normalized spacial score (nSPS) is 15.0. The Labute approximate surface area is 209 Å². The molecular weight excluding hydrogens is 436 g/mol. The third-order valence-corrected chi connectivity index (χ3v) is 11.6. The first kappa shape index (κ1) is 28.5. The van der Waals surface area contributed by atoms with Gasteiger partial charge in [-0.1, -0.05) is 87.5 Å². The van der Waals surface area contributed by atoms with E-state index in [1.807, 2.05) is 30.3 Å². The number of ether oxygens (including phenoxy) is 1. The SMILES string of the molecule is C=CCC(O)(CCCC(COCc1ccccc1)O[Si](C)(C)C(C)(C)C)CCc1ccccc1. The van der Waals surface area contributed by atoms with Crippen LogP contribution in [0.2, 0.25) is 18.1 Å². The molecule has 4 heteroatoms. The molecule has 0 aliphatic carbocycles. The van der Waals surface area contributed by atoms with Gasteiger partial charge in [0.2, 0.25) is 0 Å². The third kappa shape index (κ3) is 9.87. The first-order chi connectivity index (χ1) is 16.0. The Kier molecular flexibility index (Phi) is 11.2. The Hall–Kier alpha value is -1.72. The molecule has 2 unspecified atom stereocenters. The van der Waals surface area contributed by atoms with Gasteiger partial charge in [0, 0.05) is 0 Å². The van der Waals surface area contributed by atoms with E-state index in [1.54, 1.807) is 0 Å².